The largest absolute Gasteiger partial charge is 0.416 e. The van der Waals surface area contributed by atoms with E-state index in [0.717, 1.165) is 56.5 Å². The van der Waals surface area contributed by atoms with Crippen molar-refractivity contribution in [2.24, 2.45) is 0 Å². The predicted molar refractivity (Wildman–Crippen MR) is 117 cm³/mol. The van der Waals surface area contributed by atoms with Gasteiger partial charge >= 0.3 is 6.18 Å². The molecule has 0 radical (unpaired) electrons. The number of rotatable bonds is 12. The summed E-state index contributed by atoms with van der Waals surface area (Å²) >= 11 is 0. The number of aliphatic hydroxyl groups excluding tert-OH is 1. The molecule has 10 heteroatoms. The molecule has 184 valence electrons. The number of benzene rings is 1. The topological polar surface area (TPSA) is 70.1 Å². The van der Waals surface area contributed by atoms with Crippen molar-refractivity contribution in [3.8, 4) is 0 Å². The van der Waals surface area contributed by atoms with Crippen molar-refractivity contribution in [1.82, 2.24) is 9.21 Å². The van der Waals surface area contributed by atoms with Gasteiger partial charge in [0.05, 0.1) is 23.2 Å². The standard InChI is InChI=1S/C22H35F3N2O4S/c1-3-27(32(29,30)21-12-6-18(7-13-21)22(23,24)25)19-8-10-20(11-9-19)31-17-5-4-14-26(2)15-16-28/h6-7,12-13,19-20,28H,3-5,8-11,14-17H2,1-2H3. The summed E-state index contributed by atoms with van der Waals surface area (Å²) in [5.74, 6) is 0. The molecule has 0 atom stereocenters. The molecule has 1 N–H and O–H groups in total. The van der Waals surface area contributed by atoms with Crippen LogP contribution in [0.2, 0.25) is 0 Å². The Labute approximate surface area is 189 Å². The van der Waals surface area contributed by atoms with Gasteiger partial charge in [0.2, 0.25) is 10.0 Å². The second kappa shape index (κ2) is 12.3. The van der Waals surface area contributed by atoms with E-state index in [2.05, 4.69) is 4.90 Å². The minimum Gasteiger partial charge on any atom is -0.395 e. The Hall–Kier alpha value is -1.20. The number of sulfonamides is 1. The first-order valence-corrected chi connectivity index (χ1v) is 12.6. The molecule has 1 aliphatic rings. The lowest BCUT2D eigenvalue weighted by atomic mass is 9.93. The fraction of sp³-hybridized carbons (Fsp3) is 0.727. The Kier molecular flexibility index (Phi) is 10.4. The number of likely N-dealkylation sites (N-methyl/N-ethyl adjacent to an activating group) is 1. The van der Waals surface area contributed by atoms with Gasteiger partial charge in [-0.05, 0) is 76.4 Å². The summed E-state index contributed by atoms with van der Waals surface area (Å²) in [4.78, 5) is 1.96. The highest BCUT2D eigenvalue weighted by Crippen LogP contribution is 2.32. The second-order valence-electron chi connectivity index (χ2n) is 8.27. The van der Waals surface area contributed by atoms with Crippen molar-refractivity contribution in [2.75, 3.05) is 39.9 Å². The van der Waals surface area contributed by atoms with E-state index >= 15 is 0 Å². The first-order chi connectivity index (χ1) is 15.1. The number of hydrogen-bond acceptors (Lipinski definition) is 5. The van der Waals surface area contributed by atoms with Crippen LogP contribution in [0.25, 0.3) is 0 Å². The maximum atomic E-state index is 13.0. The SMILES string of the molecule is CCN(C1CCC(OCCCCN(C)CCO)CC1)S(=O)(=O)c1ccc(C(F)(F)F)cc1. The molecule has 0 saturated heterocycles. The highest BCUT2D eigenvalue weighted by Gasteiger charge is 2.35. The van der Waals surface area contributed by atoms with Gasteiger partial charge in [0.15, 0.2) is 0 Å². The lowest BCUT2D eigenvalue weighted by Crippen LogP contribution is -2.43. The van der Waals surface area contributed by atoms with Crippen LogP contribution >= 0.6 is 0 Å². The Morgan fingerprint density at radius 3 is 2.22 bits per heavy atom. The quantitative estimate of drug-likeness (QED) is 0.462. The van der Waals surface area contributed by atoms with Crippen LogP contribution in [0.1, 0.15) is 51.0 Å². The molecule has 1 fully saturated rings. The Bertz CT molecular complexity index is 779. The van der Waals surface area contributed by atoms with Gasteiger partial charge in [-0.25, -0.2) is 8.42 Å². The van der Waals surface area contributed by atoms with Crippen LogP contribution in [0.15, 0.2) is 29.2 Å². The van der Waals surface area contributed by atoms with E-state index in [1.165, 1.54) is 4.31 Å². The number of nitrogens with zero attached hydrogens (tertiary/aromatic N) is 2. The van der Waals surface area contributed by atoms with Crippen molar-refractivity contribution >= 4 is 10.0 Å². The van der Waals surface area contributed by atoms with Crippen LogP contribution in [-0.4, -0.2) is 74.8 Å². The zero-order chi connectivity index (χ0) is 23.8. The number of unbranched alkanes of at least 4 members (excludes halogenated alkanes) is 1. The van der Waals surface area contributed by atoms with Crippen LogP contribution in [0.5, 0.6) is 0 Å². The molecule has 0 bridgehead atoms. The van der Waals surface area contributed by atoms with Gasteiger partial charge in [0.25, 0.3) is 0 Å². The highest BCUT2D eigenvalue weighted by molar-refractivity contribution is 7.89. The van der Waals surface area contributed by atoms with E-state index in [0.29, 0.717) is 26.0 Å². The molecule has 0 spiro atoms. The number of halogens is 3. The molecule has 1 aromatic rings. The summed E-state index contributed by atoms with van der Waals surface area (Å²) in [5.41, 5.74) is -0.864. The lowest BCUT2D eigenvalue weighted by molar-refractivity contribution is -0.137. The maximum absolute atomic E-state index is 13.0. The molecular weight excluding hydrogens is 445 g/mol. The van der Waals surface area contributed by atoms with E-state index < -0.39 is 21.8 Å². The van der Waals surface area contributed by atoms with E-state index in [1.807, 2.05) is 7.05 Å². The van der Waals surface area contributed by atoms with Crippen molar-refractivity contribution in [3.63, 3.8) is 0 Å². The molecule has 32 heavy (non-hydrogen) atoms. The fourth-order valence-electron chi connectivity index (χ4n) is 4.09. The average Bonchev–Trinajstić information content (AvgIpc) is 2.74. The normalized spacial score (nSPS) is 20.2. The third kappa shape index (κ3) is 7.69. The Morgan fingerprint density at radius 1 is 1.06 bits per heavy atom. The van der Waals surface area contributed by atoms with Gasteiger partial charge in [0.1, 0.15) is 0 Å². The Morgan fingerprint density at radius 2 is 1.69 bits per heavy atom. The van der Waals surface area contributed by atoms with Crippen LogP contribution in [0.4, 0.5) is 13.2 Å². The number of aliphatic hydroxyl groups is 1. The van der Waals surface area contributed by atoms with Crippen molar-refractivity contribution in [3.05, 3.63) is 29.8 Å². The zero-order valence-corrected chi connectivity index (χ0v) is 19.7. The molecule has 0 amide bonds. The van der Waals surface area contributed by atoms with E-state index in [-0.39, 0.29) is 30.2 Å². The molecule has 2 rings (SSSR count). The minimum atomic E-state index is -4.50. The van der Waals surface area contributed by atoms with Gasteiger partial charge in [-0.2, -0.15) is 17.5 Å². The lowest BCUT2D eigenvalue weighted by Gasteiger charge is -2.35. The van der Waals surface area contributed by atoms with Gasteiger partial charge in [-0.1, -0.05) is 6.92 Å². The predicted octanol–water partition coefficient (Wildman–Crippen LogP) is 3.75. The third-order valence-corrected chi connectivity index (χ3v) is 7.96. The van der Waals surface area contributed by atoms with Gasteiger partial charge in [-0.15, -0.1) is 0 Å². The molecule has 0 unspecified atom stereocenters. The van der Waals surface area contributed by atoms with Crippen LogP contribution < -0.4 is 0 Å². The number of ether oxygens (including phenoxy) is 1. The summed E-state index contributed by atoms with van der Waals surface area (Å²) < 4.78 is 71.8. The van der Waals surface area contributed by atoms with Crippen LogP contribution in [0, 0.1) is 0 Å². The molecule has 6 nitrogen and oxygen atoms in total. The number of hydrogen-bond donors (Lipinski definition) is 1. The van der Waals surface area contributed by atoms with Gasteiger partial charge < -0.3 is 14.7 Å². The third-order valence-electron chi connectivity index (χ3n) is 5.92. The van der Waals surface area contributed by atoms with Crippen molar-refractivity contribution in [2.45, 2.75) is 68.7 Å². The number of alkyl halides is 3. The summed E-state index contributed by atoms with van der Waals surface area (Å²) in [6.45, 7) is 4.39. The molecule has 0 aromatic heterocycles. The maximum Gasteiger partial charge on any atom is 0.416 e. The summed E-state index contributed by atoms with van der Waals surface area (Å²) in [5, 5.41) is 8.89. The van der Waals surface area contributed by atoms with E-state index in [4.69, 9.17) is 9.84 Å². The zero-order valence-electron chi connectivity index (χ0n) is 18.9. The van der Waals surface area contributed by atoms with E-state index in [1.54, 1.807) is 6.92 Å². The molecular formula is C22H35F3N2O4S. The minimum absolute atomic E-state index is 0.105. The first kappa shape index (κ1) is 27.0. The Balaban J connectivity index is 1.84. The van der Waals surface area contributed by atoms with Gasteiger partial charge in [-0.3, -0.25) is 0 Å². The summed E-state index contributed by atoms with van der Waals surface area (Å²) in [6.07, 6.45) is 0.367. The summed E-state index contributed by atoms with van der Waals surface area (Å²) in [7, 11) is -1.90. The monoisotopic (exact) mass is 480 g/mol. The molecule has 0 heterocycles. The average molecular weight is 481 g/mol. The van der Waals surface area contributed by atoms with Crippen LogP contribution in [-0.2, 0) is 20.9 Å². The van der Waals surface area contributed by atoms with Crippen molar-refractivity contribution < 1.29 is 31.4 Å². The molecule has 1 saturated carbocycles. The van der Waals surface area contributed by atoms with E-state index in [9.17, 15) is 21.6 Å². The smallest absolute Gasteiger partial charge is 0.395 e. The van der Waals surface area contributed by atoms with Crippen LogP contribution in [0.3, 0.4) is 0 Å². The van der Waals surface area contributed by atoms with Crippen molar-refractivity contribution in [1.29, 1.82) is 0 Å². The second-order valence-corrected chi connectivity index (χ2v) is 10.2. The first-order valence-electron chi connectivity index (χ1n) is 11.2. The van der Waals surface area contributed by atoms with Gasteiger partial charge in [0, 0.05) is 25.7 Å². The molecule has 1 aliphatic carbocycles. The molecule has 0 aliphatic heterocycles. The fourth-order valence-corrected chi connectivity index (χ4v) is 5.79. The molecule has 1 aromatic carbocycles. The highest BCUT2D eigenvalue weighted by atomic mass is 32.2. The summed E-state index contributed by atoms with van der Waals surface area (Å²) in [6, 6.07) is 3.51.